The van der Waals surface area contributed by atoms with Crippen LogP contribution in [0.4, 0.5) is 5.69 Å². The summed E-state index contributed by atoms with van der Waals surface area (Å²) in [5.41, 5.74) is 0.821. The summed E-state index contributed by atoms with van der Waals surface area (Å²) in [6.45, 7) is 8.06. The van der Waals surface area contributed by atoms with Crippen LogP contribution in [0.5, 0.6) is 11.5 Å². The van der Waals surface area contributed by atoms with Crippen LogP contribution in [-0.4, -0.2) is 70.8 Å². The quantitative estimate of drug-likeness (QED) is 0.616. The van der Waals surface area contributed by atoms with Crippen LogP contribution in [0.15, 0.2) is 47.4 Å². The molecule has 0 saturated carbocycles. The smallest absolute Gasteiger partial charge is 0.262 e. The van der Waals surface area contributed by atoms with E-state index in [4.69, 9.17) is 14.2 Å². The first-order valence-electron chi connectivity index (χ1n) is 11.5. The SMILES string of the molecule is CC1CN(CCNC(=O)c2ccc(NS(=O)(=O)c3ccc4c(c3)OCCCO4)cc2)CC(C)O1. The lowest BCUT2D eigenvalue weighted by Crippen LogP contribution is -2.47. The van der Waals surface area contributed by atoms with E-state index in [1.54, 1.807) is 30.3 Å². The molecule has 2 unspecified atom stereocenters. The van der Waals surface area contributed by atoms with Crippen molar-refractivity contribution in [2.75, 3.05) is 44.1 Å². The van der Waals surface area contributed by atoms with Gasteiger partial charge in [0.2, 0.25) is 0 Å². The van der Waals surface area contributed by atoms with Gasteiger partial charge in [-0.15, -0.1) is 0 Å². The van der Waals surface area contributed by atoms with Crippen LogP contribution in [-0.2, 0) is 14.8 Å². The Kier molecular flexibility index (Phi) is 7.60. The Labute approximate surface area is 200 Å². The highest BCUT2D eigenvalue weighted by Gasteiger charge is 2.22. The van der Waals surface area contributed by atoms with Gasteiger partial charge in [0.25, 0.3) is 15.9 Å². The first-order chi connectivity index (χ1) is 16.3. The van der Waals surface area contributed by atoms with E-state index in [0.717, 1.165) is 26.1 Å². The van der Waals surface area contributed by atoms with Gasteiger partial charge in [0.1, 0.15) is 0 Å². The van der Waals surface area contributed by atoms with E-state index >= 15 is 0 Å². The molecular weight excluding hydrogens is 458 g/mol. The van der Waals surface area contributed by atoms with Crippen molar-refractivity contribution in [2.45, 2.75) is 37.4 Å². The molecule has 1 fully saturated rings. The van der Waals surface area contributed by atoms with Gasteiger partial charge in [-0.05, 0) is 50.2 Å². The number of anilines is 1. The zero-order valence-electron chi connectivity index (χ0n) is 19.5. The van der Waals surface area contributed by atoms with Gasteiger partial charge in [-0.25, -0.2) is 8.42 Å². The molecule has 2 aliphatic heterocycles. The summed E-state index contributed by atoms with van der Waals surface area (Å²) in [5, 5.41) is 2.92. The number of carbonyl (C=O) groups excluding carboxylic acids is 1. The predicted octanol–water partition coefficient (Wildman–Crippen LogP) is 2.49. The Bertz CT molecular complexity index is 1100. The second-order valence-electron chi connectivity index (χ2n) is 8.61. The molecule has 4 rings (SSSR count). The summed E-state index contributed by atoms with van der Waals surface area (Å²) >= 11 is 0. The van der Waals surface area contributed by atoms with Crippen molar-refractivity contribution in [3.63, 3.8) is 0 Å². The minimum absolute atomic E-state index is 0.0744. The Morgan fingerprint density at radius 2 is 1.68 bits per heavy atom. The van der Waals surface area contributed by atoms with Crippen LogP contribution >= 0.6 is 0 Å². The number of sulfonamides is 1. The summed E-state index contributed by atoms with van der Waals surface area (Å²) < 4.78 is 45.1. The van der Waals surface area contributed by atoms with Crippen molar-refractivity contribution in [1.82, 2.24) is 10.2 Å². The summed E-state index contributed by atoms with van der Waals surface area (Å²) in [5.74, 6) is 0.740. The second kappa shape index (κ2) is 10.6. The lowest BCUT2D eigenvalue weighted by atomic mass is 10.2. The molecule has 0 aromatic heterocycles. The molecule has 10 heteroatoms. The maximum Gasteiger partial charge on any atom is 0.262 e. The molecule has 0 radical (unpaired) electrons. The lowest BCUT2D eigenvalue weighted by molar-refractivity contribution is -0.0672. The zero-order chi connectivity index (χ0) is 24.1. The molecule has 1 amide bonds. The van der Waals surface area contributed by atoms with Crippen LogP contribution in [0, 0.1) is 0 Å². The highest BCUT2D eigenvalue weighted by molar-refractivity contribution is 7.92. The van der Waals surface area contributed by atoms with Crippen molar-refractivity contribution in [1.29, 1.82) is 0 Å². The third-order valence-corrected chi connectivity index (χ3v) is 7.02. The normalized spacial score (nSPS) is 20.9. The number of benzene rings is 2. The fourth-order valence-electron chi connectivity index (χ4n) is 4.11. The molecule has 2 aromatic rings. The third-order valence-electron chi connectivity index (χ3n) is 5.64. The molecular formula is C24H31N3O6S. The molecule has 2 N–H and O–H groups in total. The van der Waals surface area contributed by atoms with Crippen LogP contribution in [0.2, 0.25) is 0 Å². The Morgan fingerprint density at radius 1 is 1.00 bits per heavy atom. The summed E-state index contributed by atoms with van der Waals surface area (Å²) in [7, 11) is -3.83. The topological polar surface area (TPSA) is 106 Å². The molecule has 0 bridgehead atoms. The minimum Gasteiger partial charge on any atom is -0.490 e. The van der Waals surface area contributed by atoms with Crippen LogP contribution in [0.1, 0.15) is 30.6 Å². The van der Waals surface area contributed by atoms with Crippen LogP contribution in [0.3, 0.4) is 0 Å². The molecule has 9 nitrogen and oxygen atoms in total. The standard InChI is InChI=1S/C24H31N3O6S/c1-17-15-27(16-18(2)33-17)11-10-25-24(28)19-4-6-20(7-5-19)26-34(29,30)21-8-9-22-23(14-21)32-13-3-12-31-22/h4-9,14,17-18,26H,3,10-13,15-16H2,1-2H3,(H,25,28). The van der Waals surface area contributed by atoms with Gasteiger partial charge in [-0.1, -0.05) is 0 Å². The van der Waals surface area contributed by atoms with Crippen molar-refractivity contribution in [3.05, 3.63) is 48.0 Å². The molecule has 0 spiro atoms. The highest BCUT2D eigenvalue weighted by atomic mass is 32.2. The van der Waals surface area contributed by atoms with Crippen LogP contribution in [0.25, 0.3) is 0 Å². The monoisotopic (exact) mass is 489 g/mol. The fraction of sp³-hybridized carbons (Fsp3) is 0.458. The number of nitrogens with one attached hydrogen (secondary N) is 2. The number of morpholine rings is 1. The minimum atomic E-state index is -3.83. The average Bonchev–Trinajstić information content (AvgIpc) is 3.03. The van der Waals surface area contributed by atoms with E-state index in [0.29, 0.717) is 42.5 Å². The third kappa shape index (κ3) is 6.19. The summed E-state index contributed by atoms with van der Waals surface area (Å²) in [4.78, 5) is 14.8. The van der Waals surface area contributed by atoms with Gasteiger partial charge < -0.3 is 19.5 Å². The molecule has 184 valence electrons. The van der Waals surface area contributed by atoms with Crippen molar-refractivity contribution < 1.29 is 27.4 Å². The largest absolute Gasteiger partial charge is 0.490 e. The summed E-state index contributed by atoms with van der Waals surface area (Å²) in [6, 6.07) is 10.9. The van der Waals surface area contributed by atoms with E-state index < -0.39 is 10.0 Å². The number of rotatable bonds is 7. The van der Waals surface area contributed by atoms with E-state index in [9.17, 15) is 13.2 Å². The van der Waals surface area contributed by atoms with Gasteiger partial charge in [-0.3, -0.25) is 14.4 Å². The number of hydrogen-bond donors (Lipinski definition) is 2. The zero-order valence-corrected chi connectivity index (χ0v) is 20.3. The van der Waals surface area contributed by atoms with Crippen molar-refractivity contribution >= 4 is 21.6 Å². The van der Waals surface area contributed by atoms with Crippen molar-refractivity contribution in [3.8, 4) is 11.5 Å². The maximum absolute atomic E-state index is 12.8. The average molecular weight is 490 g/mol. The van der Waals surface area contributed by atoms with E-state index in [1.165, 1.54) is 12.1 Å². The van der Waals surface area contributed by atoms with Crippen molar-refractivity contribution in [2.24, 2.45) is 0 Å². The molecule has 34 heavy (non-hydrogen) atoms. The first kappa shape index (κ1) is 24.3. The highest BCUT2D eigenvalue weighted by Crippen LogP contribution is 2.32. The van der Waals surface area contributed by atoms with Gasteiger partial charge in [0.15, 0.2) is 11.5 Å². The van der Waals surface area contributed by atoms with Gasteiger partial charge in [0.05, 0.1) is 30.3 Å². The van der Waals surface area contributed by atoms with E-state index in [2.05, 4.69) is 14.9 Å². The molecule has 2 heterocycles. The summed E-state index contributed by atoms with van der Waals surface area (Å²) in [6.07, 6.45) is 1.10. The molecule has 1 saturated heterocycles. The van der Waals surface area contributed by atoms with E-state index in [1.807, 2.05) is 13.8 Å². The number of carbonyl (C=O) groups is 1. The first-order valence-corrected chi connectivity index (χ1v) is 13.0. The predicted molar refractivity (Wildman–Crippen MR) is 128 cm³/mol. The Balaban J connectivity index is 1.32. The van der Waals surface area contributed by atoms with Crippen LogP contribution < -0.4 is 19.5 Å². The number of hydrogen-bond acceptors (Lipinski definition) is 7. The van der Waals surface area contributed by atoms with E-state index in [-0.39, 0.29) is 23.0 Å². The number of nitrogens with zero attached hydrogens (tertiary/aromatic N) is 1. The van der Waals surface area contributed by atoms with Gasteiger partial charge in [-0.2, -0.15) is 0 Å². The molecule has 2 aromatic carbocycles. The number of amides is 1. The Morgan fingerprint density at radius 3 is 2.38 bits per heavy atom. The second-order valence-corrected chi connectivity index (χ2v) is 10.3. The van der Waals surface area contributed by atoms with Gasteiger partial charge in [0, 0.05) is 49.9 Å². The number of ether oxygens (including phenoxy) is 3. The van der Waals surface area contributed by atoms with Gasteiger partial charge >= 0.3 is 0 Å². The molecule has 2 atom stereocenters. The maximum atomic E-state index is 12.8. The molecule has 2 aliphatic rings. The molecule has 0 aliphatic carbocycles. The fourth-order valence-corrected chi connectivity index (χ4v) is 5.18. The number of fused-ring (bicyclic) bond motifs is 1. The lowest BCUT2D eigenvalue weighted by Gasteiger charge is -2.35. The Hall–Kier alpha value is -2.82.